The smallest absolute Gasteiger partial charge is 0.254 e. The Kier molecular flexibility index (Phi) is 4.39. The van der Waals surface area contributed by atoms with Crippen molar-refractivity contribution in [1.29, 1.82) is 0 Å². The van der Waals surface area contributed by atoms with Crippen molar-refractivity contribution in [3.8, 4) is 0 Å². The number of likely N-dealkylation sites (N-methyl/N-ethyl adjacent to an activating group) is 1. The molecule has 1 N–H and O–H groups in total. The lowest BCUT2D eigenvalue weighted by Gasteiger charge is -2.39. The summed E-state index contributed by atoms with van der Waals surface area (Å²) in [5.41, 5.74) is 2.24. The molecule has 2 aromatic carbocycles. The van der Waals surface area contributed by atoms with Crippen molar-refractivity contribution in [3.05, 3.63) is 76.3 Å². The number of anilines is 1. The molecule has 0 unspecified atom stereocenters. The predicted octanol–water partition coefficient (Wildman–Crippen LogP) is 3.96. The fourth-order valence-electron chi connectivity index (χ4n) is 3.99. The summed E-state index contributed by atoms with van der Waals surface area (Å²) in [5, 5.41) is 12.8. The zero-order valence-corrected chi connectivity index (χ0v) is 16.7. The van der Waals surface area contributed by atoms with Gasteiger partial charge in [-0.1, -0.05) is 59.9 Å². The van der Waals surface area contributed by atoms with Crippen LogP contribution in [0.3, 0.4) is 0 Å². The molecule has 1 fully saturated rings. The van der Waals surface area contributed by atoms with Crippen molar-refractivity contribution in [2.45, 2.75) is 30.7 Å². The van der Waals surface area contributed by atoms with E-state index in [1.54, 1.807) is 18.0 Å². The number of nitrogens with zero attached hydrogens (tertiary/aromatic N) is 3. The van der Waals surface area contributed by atoms with Crippen LogP contribution in [-0.2, 0) is 4.79 Å². The molecule has 7 heteroatoms. The van der Waals surface area contributed by atoms with Gasteiger partial charge in [-0.05, 0) is 30.0 Å². The largest absolute Gasteiger partial charge is 0.334 e. The zero-order valence-electron chi connectivity index (χ0n) is 15.9. The molecule has 2 aliphatic rings. The minimum absolute atomic E-state index is 0.0783. The van der Waals surface area contributed by atoms with Crippen LogP contribution in [0.2, 0.25) is 0 Å². The van der Waals surface area contributed by atoms with Gasteiger partial charge in [-0.15, -0.1) is 10.2 Å². The molecular formula is C22H20N4O2S. The van der Waals surface area contributed by atoms with E-state index in [1.807, 2.05) is 48.5 Å². The molecule has 2 atom stereocenters. The van der Waals surface area contributed by atoms with E-state index in [-0.39, 0.29) is 11.8 Å². The molecule has 5 rings (SSSR count). The molecule has 1 aliphatic carbocycles. The summed E-state index contributed by atoms with van der Waals surface area (Å²) in [6.07, 6.45) is 2.28. The van der Waals surface area contributed by atoms with Crippen molar-refractivity contribution in [3.63, 3.8) is 0 Å². The van der Waals surface area contributed by atoms with Crippen LogP contribution in [-0.4, -0.2) is 34.0 Å². The SMILES string of the molecule is CN1C(=O)c2ccccc2[C@H](C(=O)Nc2nnc(C3CC3)s2)[C@@H]1c1ccccc1. The number of carbonyl (C=O) groups is 2. The minimum atomic E-state index is -0.537. The van der Waals surface area contributed by atoms with Crippen LogP contribution in [0.5, 0.6) is 0 Å². The molecule has 0 saturated heterocycles. The van der Waals surface area contributed by atoms with Gasteiger partial charge in [0.2, 0.25) is 11.0 Å². The van der Waals surface area contributed by atoms with Crippen LogP contribution in [0, 0.1) is 0 Å². The van der Waals surface area contributed by atoms with Gasteiger partial charge >= 0.3 is 0 Å². The molecule has 29 heavy (non-hydrogen) atoms. The summed E-state index contributed by atoms with van der Waals surface area (Å²) in [5.74, 6) is -0.298. The maximum absolute atomic E-state index is 13.5. The average Bonchev–Trinajstić information content (AvgIpc) is 3.50. The predicted molar refractivity (Wildman–Crippen MR) is 111 cm³/mol. The fourth-order valence-corrected chi connectivity index (χ4v) is 4.90. The van der Waals surface area contributed by atoms with Gasteiger partial charge < -0.3 is 4.90 Å². The maximum atomic E-state index is 13.5. The lowest BCUT2D eigenvalue weighted by molar-refractivity contribution is -0.119. The summed E-state index contributed by atoms with van der Waals surface area (Å²) in [6, 6.07) is 16.7. The molecule has 2 heterocycles. The van der Waals surface area contributed by atoms with Gasteiger partial charge in [0.1, 0.15) is 5.01 Å². The molecule has 146 valence electrons. The second-order valence-corrected chi connectivity index (χ2v) is 8.55. The zero-order chi connectivity index (χ0) is 20.0. The average molecular weight is 404 g/mol. The number of benzene rings is 2. The highest BCUT2D eigenvalue weighted by atomic mass is 32.1. The van der Waals surface area contributed by atoms with E-state index in [4.69, 9.17) is 0 Å². The summed E-state index contributed by atoms with van der Waals surface area (Å²) in [4.78, 5) is 28.1. The third kappa shape index (κ3) is 3.21. The first-order chi connectivity index (χ1) is 14.1. The van der Waals surface area contributed by atoms with Crippen LogP contribution in [0.4, 0.5) is 5.13 Å². The Morgan fingerprint density at radius 2 is 1.79 bits per heavy atom. The Labute approximate surface area is 172 Å². The van der Waals surface area contributed by atoms with E-state index < -0.39 is 12.0 Å². The quantitative estimate of drug-likeness (QED) is 0.714. The first-order valence-corrected chi connectivity index (χ1v) is 10.5. The molecular weight excluding hydrogens is 384 g/mol. The third-order valence-corrected chi connectivity index (χ3v) is 6.60. The van der Waals surface area contributed by atoms with E-state index in [2.05, 4.69) is 15.5 Å². The van der Waals surface area contributed by atoms with Gasteiger partial charge in [-0.3, -0.25) is 14.9 Å². The Hall–Kier alpha value is -3.06. The topological polar surface area (TPSA) is 75.2 Å². The number of fused-ring (bicyclic) bond motifs is 1. The molecule has 0 radical (unpaired) electrons. The number of rotatable bonds is 4. The number of amides is 2. The molecule has 6 nitrogen and oxygen atoms in total. The first kappa shape index (κ1) is 18.0. The number of carbonyl (C=O) groups excluding carboxylic acids is 2. The molecule has 3 aromatic rings. The highest BCUT2D eigenvalue weighted by molar-refractivity contribution is 7.15. The minimum Gasteiger partial charge on any atom is -0.334 e. The van der Waals surface area contributed by atoms with E-state index >= 15 is 0 Å². The second-order valence-electron chi connectivity index (χ2n) is 7.55. The second kappa shape index (κ2) is 7.08. The normalized spacial score (nSPS) is 21.0. The third-order valence-electron chi connectivity index (χ3n) is 5.60. The summed E-state index contributed by atoms with van der Waals surface area (Å²) in [6.45, 7) is 0. The van der Waals surface area contributed by atoms with Gasteiger partial charge in [0.05, 0.1) is 12.0 Å². The van der Waals surface area contributed by atoms with Gasteiger partial charge in [-0.25, -0.2) is 0 Å². The van der Waals surface area contributed by atoms with Crippen molar-refractivity contribution in [2.75, 3.05) is 12.4 Å². The monoisotopic (exact) mass is 404 g/mol. The van der Waals surface area contributed by atoms with Gasteiger partial charge in [-0.2, -0.15) is 0 Å². The Balaban J connectivity index is 1.54. The van der Waals surface area contributed by atoms with Crippen LogP contribution >= 0.6 is 11.3 Å². The molecule has 1 aliphatic heterocycles. The van der Waals surface area contributed by atoms with Crippen molar-refractivity contribution >= 4 is 28.3 Å². The Bertz CT molecular complexity index is 1080. The van der Waals surface area contributed by atoms with Crippen LogP contribution in [0.15, 0.2) is 54.6 Å². The maximum Gasteiger partial charge on any atom is 0.254 e. The van der Waals surface area contributed by atoms with Crippen LogP contribution in [0.25, 0.3) is 0 Å². The van der Waals surface area contributed by atoms with Gasteiger partial charge in [0.15, 0.2) is 0 Å². The van der Waals surface area contributed by atoms with Crippen LogP contribution in [0.1, 0.15) is 57.2 Å². The standard InChI is InChI=1S/C22H20N4O2S/c1-26-18(13-7-3-2-4-8-13)17(15-9-5-6-10-16(15)21(26)28)19(27)23-22-25-24-20(29-22)14-11-12-14/h2-10,14,17-18H,11-12H2,1H3,(H,23,25,27)/t17-,18-/m0/s1. The van der Waals surface area contributed by atoms with E-state index in [0.29, 0.717) is 16.6 Å². The summed E-state index contributed by atoms with van der Waals surface area (Å²) >= 11 is 1.44. The number of hydrogen-bond donors (Lipinski definition) is 1. The number of aromatic nitrogens is 2. The number of hydrogen-bond acceptors (Lipinski definition) is 5. The highest BCUT2D eigenvalue weighted by Crippen LogP contribution is 2.44. The summed E-state index contributed by atoms with van der Waals surface area (Å²) in [7, 11) is 1.76. The lowest BCUT2D eigenvalue weighted by Crippen LogP contribution is -2.44. The molecule has 0 bridgehead atoms. The molecule has 0 spiro atoms. The first-order valence-electron chi connectivity index (χ1n) is 9.69. The summed E-state index contributed by atoms with van der Waals surface area (Å²) < 4.78 is 0. The van der Waals surface area contributed by atoms with Crippen molar-refractivity contribution in [1.82, 2.24) is 15.1 Å². The molecule has 1 saturated carbocycles. The van der Waals surface area contributed by atoms with E-state index in [1.165, 1.54) is 11.3 Å². The van der Waals surface area contributed by atoms with Crippen molar-refractivity contribution in [2.24, 2.45) is 0 Å². The van der Waals surface area contributed by atoms with Crippen molar-refractivity contribution < 1.29 is 9.59 Å². The lowest BCUT2D eigenvalue weighted by atomic mass is 9.79. The van der Waals surface area contributed by atoms with E-state index in [9.17, 15) is 9.59 Å². The van der Waals surface area contributed by atoms with E-state index in [0.717, 1.165) is 29.0 Å². The molecule has 2 amide bonds. The number of nitrogens with one attached hydrogen (secondary N) is 1. The highest BCUT2D eigenvalue weighted by Gasteiger charge is 2.42. The van der Waals surface area contributed by atoms with Crippen LogP contribution < -0.4 is 5.32 Å². The molecule has 1 aromatic heterocycles. The van der Waals surface area contributed by atoms with Gasteiger partial charge in [0.25, 0.3) is 5.91 Å². The van der Waals surface area contributed by atoms with Gasteiger partial charge in [0, 0.05) is 18.5 Å². The fraction of sp³-hybridized carbons (Fsp3) is 0.273. The Morgan fingerprint density at radius 1 is 1.07 bits per heavy atom. The Morgan fingerprint density at radius 3 is 2.55 bits per heavy atom.